The van der Waals surface area contributed by atoms with Crippen LogP contribution in [-0.4, -0.2) is 27.5 Å². The van der Waals surface area contributed by atoms with E-state index < -0.39 is 16.0 Å². The lowest BCUT2D eigenvalue weighted by molar-refractivity contribution is -0.137. The fraction of sp³-hybridized carbons (Fsp3) is 0.286. The van der Waals surface area contributed by atoms with Crippen molar-refractivity contribution in [2.75, 3.05) is 17.5 Å². The summed E-state index contributed by atoms with van der Waals surface area (Å²) in [4.78, 5) is 11.8. The minimum atomic E-state index is -3.60. The fourth-order valence-corrected chi connectivity index (χ4v) is 4.47. The van der Waals surface area contributed by atoms with Crippen LogP contribution in [0, 0.1) is 0 Å². The Morgan fingerprint density at radius 1 is 1.15 bits per heavy atom. The van der Waals surface area contributed by atoms with E-state index in [4.69, 9.17) is 4.74 Å². The molecule has 0 fully saturated rings. The first-order chi connectivity index (χ1) is 13.0. The van der Waals surface area contributed by atoms with Gasteiger partial charge < -0.3 is 4.74 Å². The standard InChI is InChI=1S/C21H23NO4S/c1-2-3-16-26-21(23)13-10-17-8-11-19(12-9-17)27(24,25)22-15-14-18-6-4-5-7-20(18)22/h4-13H,2-3,14-16H2,1H3/b13-10+. The SMILES string of the molecule is CCCCOC(=O)/C=C/c1ccc(S(=O)(=O)N2CCc3ccccc32)cc1. The lowest BCUT2D eigenvalue weighted by atomic mass is 10.2. The molecule has 0 saturated heterocycles. The summed E-state index contributed by atoms with van der Waals surface area (Å²) in [5.41, 5.74) is 2.53. The average molecular weight is 385 g/mol. The van der Waals surface area contributed by atoms with Crippen molar-refractivity contribution in [2.45, 2.75) is 31.1 Å². The summed E-state index contributed by atoms with van der Waals surface area (Å²) in [5, 5.41) is 0. The van der Waals surface area contributed by atoms with Gasteiger partial charge in [-0.2, -0.15) is 0 Å². The van der Waals surface area contributed by atoms with Gasteiger partial charge in [-0.3, -0.25) is 4.31 Å². The molecular formula is C21H23NO4S. The molecule has 0 unspecified atom stereocenters. The van der Waals surface area contributed by atoms with E-state index in [0.29, 0.717) is 13.2 Å². The third-order valence-corrected chi connectivity index (χ3v) is 6.29. The largest absolute Gasteiger partial charge is 0.463 e. The summed E-state index contributed by atoms with van der Waals surface area (Å²) in [7, 11) is -3.60. The number of para-hydroxylation sites is 1. The second-order valence-corrected chi connectivity index (χ2v) is 8.24. The number of anilines is 1. The van der Waals surface area contributed by atoms with Crippen molar-refractivity contribution in [2.24, 2.45) is 0 Å². The molecule has 1 aliphatic heterocycles. The van der Waals surface area contributed by atoms with Crippen LogP contribution in [0.5, 0.6) is 0 Å². The van der Waals surface area contributed by atoms with Gasteiger partial charge in [-0.15, -0.1) is 0 Å². The van der Waals surface area contributed by atoms with E-state index in [1.807, 2.05) is 31.2 Å². The highest BCUT2D eigenvalue weighted by atomic mass is 32.2. The Morgan fingerprint density at radius 3 is 2.63 bits per heavy atom. The number of carbonyl (C=O) groups excluding carboxylic acids is 1. The molecular weight excluding hydrogens is 362 g/mol. The van der Waals surface area contributed by atoms with E-state index in [1.54, 1.807) is 30.3 Å². The number of rotatable bonds is 7. The minimum absolute atomic E-state index is 0.238. The topological polar surface area (TPSA) is 63.7 Å². The smallest absolute Gasteiger partial charge is 0.330 e. The van der Waals surface area contributed by atoms with Crippen LogP contribution in [0.1, 0.15) is 30.9 Å². The van der Waals surface area contributed by atoms with Crippen LogP contribution in [0.25, 0.3) is 6.08 Å². The molecule has 3 rings (SSSR count). The number of fused-ring (bicyclic) bond motifs is 1. The highest BCUT2D eigenvalue weighted by Gasteiger charge is 2.30. The van der Waals surface area contributed by atoms with Gasteiger partial charge >= 0.3 is 5.97 Å². The Balaban J connectivity index is 1.71. The Morgan fingerprint density at radius 2 is 1.89 bits per heavy atom. The molecule has 2 aromatic rings. The second kappa shape index (κ2) is 8.39. The fourth-order valence-electron chi connectivity index (χ4n) is 2.97. The van der Waals surface area contributed by atoms with Crippen molar-refractivity contribution in [1.82, 2.24) is 0 Å². The molecule has 142 valence electrons. The molecule has 0 spiro atoms. The Labute approximate surface area is 160 Å². The van der Waals surface area contributed by atoms with E-state index in [1.165, 1.54) is 10.4 Å². The van der Waals surface area contributed by atoms with E-state index >= 15 is 0 Å². The summed E-state index contributed by atoms with van der Waals surface area (Å²) in [6, 6.07) is 14.1. The third kappa shape index (κ3) is 4.39. The van der Waals surface area contributed by atoms with Crippen LogP contribution < -0.4 is 4.31 Å². The molecule has 0 aliphatic carbocycles. The van der Waals surface area contributed by atoms with Crippen LogP contribution >= 0.6 is 0 Å². The third-order valence-electron chi connectivity index (χ3n) is 4.47. The maximum absolute atomic E-state index is 13.0. The molecule has 2 aromatic carbocycles. The highest BCUT2D eigenvalue weighted by Crippen LogP contribution is 2.32. The van der Waals surface area contributed by atoms with Gasteiger partial charge in [0.2, 0.25) is 0 Å². The monoisotopic (exact) mass is 385 g/mol. The molecule has 1 heterocycles. The number of esters is 1. The van der Waals surface area contributed by atoms with Gasteiger partial charge in [-0.05, 0) is 48.2 Å². The van der Waals surface area contributed by atoms with Crippen molar-refractivity contribution in [3.05, 3.63) is 65.7 Å². The number of ether oxygens (including phenoxy) is 1. The molecule has 0 aromatic heterocycles. The van der Waals surface area contributed by atoms with Crippen molar-refractivity contribution >= 4 is 27.8 Å². The van der Waals surface area contributed by atoms with Crippen molar-refractivity contribution < 1.29 is 17.9 Å². The molecule has 0 radical (unpaired) electrons. The minimum Gasteiger partial charge on any atom is -0.463 e. The summed E-state index contributed by atoms with van der Waals surface area (Å²) in [6.45, 7) is 2.89. The molecule has 0 amide bonds. The molecule has 27 heavy (non-hydrogen) atoms. The first kappa shape index (κ1) is 19.2. The number of nitrogens with zero attached hydrogens (tertiary/aromatic N) is 1. The number of hydrogen-bond donors (Lipinski definition) is 0. The molecule has 5 nitrogen and oxygen atoms in total. The molecule has 0 atom stereocenters. The molecule has 0 saturated carbocycles. The number of hydrogen-bond acceptors (Lipinski definition) is 4. The molecule has 1 aliphatic rings. The number of benzene rings is 2. The predicted molar refractivity (Wildman–Crippen MR) is 106 cm³/mol. The lowest BCUT2D eigenvalue weighted by Crippen LogP contribution is -2.29. The molecule has 0 bridgehead atoms. The zero-order valence-corrected chi connectivity index (χ0v) is 16.1. The molecule has 0 N–H and O–H groups in total. The van der Waals surface area contributed by atoms with Crippen LogP contribution in [0.3, 0.4) is 0 Å². The highest BCUT2D eigenvalue weighted by molar-refractivity contribution is 7.92. The maximum atomic E-state index is 13.0. The van der Waals surface area contributed by atoms with Crippen molar-refractivity contribution in [3.8, 4) is 0 Å². The van der Waals surface area contributed by atoms with E-state index in [0.717, 1.165) is 36.1 Å². The van der Waals surface area contributed by atoms with Crippen molar-refractivity contribution in [3.63, 3.8) is 0 Å². The summed E-state index contributed by atoms with van der Waals surface area (Å²) in [6.07, 6.45) is 5.50. The number of carbonyl (C=O) groups is 1. The van der Waals surface area contributed by atoms with Gasteiger partial charge in [0.1, 0.15) is 0 Å². The quantitative estimate of drug-likeness (QED) is 0.413. The van der Waals surface area contributed by atoms with Gasteiger partial charge in [0.15, 0.2) is 0 Å². The predicted octanol–water partition coefficient (Wildman–Crippen LogP) is 3.79. The van der Waals surface area contributed by atoms with Crippen molar-refractivity contribution in [1.29, 1.82) is 0 Å². The van der Waals surface area contributed by atoms with Gasteiger partial charge in [0.05, 0.1) is 17.2 Å². The zero-order valence-electron chi connectivity index (χ0n) is 15.3. The lowest BCUT2D eigenvalue weighted by Gasteiger charge is -2.19. The van der Waals surface area contributed by atoms with E-state index in [9.17, 15) is 13.2 Å². The van der Waals surface area contributed by atoms with Gasteiger partial charge in [-0.25, -0.2) is 13.2 Å². The first-order valence-corrected chi connectivity index (χ1v) is 10.5. The first-order valence-electron chi connectivity index (χ1n) is 9.08. The van der Waals surface area contributed by atoms with Crippen LogP contribution in [-0.2, 0) is 26.0 Å². The maximum Gasteiger partial charge on any atom is 0.330 e. The van der Waals surface area contributed by atoms with Gasteiger partial charge in [0.25, 0.3) is 10.0 Å². The Bertz CT molecular complexity index is 933. The summed E-state index contributed by atoms with van der Waals surface area (Å²) < 4.78 is 32.4. The normalized spacial score (nSPS) is 13.7. The second-order valence-electron chi connectivity index (χ2n) is 6.38. The number of sulfonamides is 1. The average Bonchev–Trinajstić information content (AvgIpc) is 3.12. The zero-order chi connectivity index (χ0) is 19.3. The van der Waals surface area contributed by atoms with Crippen LogP contribution in [0.4, 0.5) is 5.69 Å². The van der Waals surface area contributed by atoms with Gasteiger partial charge in [-0.1, -0.05) is 43.7 Å². The van der Waals surface area contributed by atoms with E-state index in [2.05, 4.69) is 0 Å². The summed E-state index contributed by atoms with van der Waals surface area (Å²) in [5.74, 6) is -0.395. The Hall–Kier alpha value is -2.60. The molecule has 6 heteroatoms. The summed E-state index contributed by atoms with van der Waals surface area (Å²) >= 11 is 0. The number of unbranched alkanes of at least 4 members (excludes halogenated alkanes) is 1. The Kier molecular flexibility index (Phi) is 5.96. The van der Waals surface area contributed by atoms with Crippen LogP contribution in [0.2, 0.25) is 0 Å². The van der Waals surface area contributed by atoms with E-state index in [-0.39, 0.29) is 4.90 Å². The van der Waals surface area contributed by atoms with Crippen LogP contribution in [0.15, 0.2) is 59.5 Å². The van der Waals surface area contributed by atoms with Gasteiger partial charge in [0, 0.05) is 12.6 Å².